The molecule has 0 atom stereocenters. The number of fused-ring (bicyclic) bond motifs is 3. The van der Waals surface area contributed by atoms with Gasteiger partial charge in [-0.05, 0) is 12.1 Å². The van der Waals surface area contributed by atoms with Crippen molar-refractivity contribution in [2.45, 2.75) is 0 Å². The average molecular weight is 248 g/mol. The van der Waals surface area contributed by atoms with E-state index in [0.717, 1.165) is 5.39 Å². The highest BCUT2D eigenvalue weighted by Crippen LogP contribution is 2.21. The van der Waals surface area contributed by atoms with E-state index in [4.69, 9.17) is 11.6 Å². The summed E-state index contributed by atoms with van der Waals surface area (Å²) in [5.41, 5.74) is -0.360. The number of hydrogen-bond donors (Lipinski definition) is 2. The third-order valence-electron chi connectivity index (χ3n) is 2.60. The van der Waals surface area contributed by atoms with Crippen molar-refractivity contribution in [1.82, 2.24) is 15.2 Å². The Bertz CT molecular complexity index is 851. The fraction of sp³-hybridized carbons (Fsp3) is 0. The van der Waals surface area contributed by atoms with Gasteiger partial charge in [0.1, 0.15) is 5.39 Å². The van der Waals surface area contributed by atoms with E-state index in [-0.39, 0.29) is 5.39 Å². The average Bonchev–Trinajstić information content (AvgIpc) is 2.28. The first-order valence-electron chi connectivity index (χ1n) is 4.86. The summed E-state index contributed by atoms with van der Waals surface area (Å²) >= 11 is 5.85. The highest BCUT2D eigenvalue weighted by Gasteiger charge is 2.08. The molecule has 5 nitrogen and oxygen atoms in total. The Kier molecular flexibility index (Phi) is 2.02. The van der Waals surface area contributed by atoms with Gasteiger partial charge in [-0.15, -0.1) is 0 Å². The minimum absolute atomic E-state index is 0.0785. The topological polar surface area (TPSA) is 78.6 Å². The molecule has 0 bridgehead atoms. The number of nitrogens with one attached hydrogen (secondary N) is 2. The van der Waals surface area contributed by atoms with Crippen molar-refractivity contribution in [2.75, 3.05) is 0 Å². The lowest BCUT2D eigenvalue weighted by molar-refractivity contribution is 1.01. The minimum Gasteiger partial charge on any atom is -0.321 e. The summed E-state index contributed by atoms with van der Waals surface area (Å²) in [6.07, 6.45) is 1.46. The van der Waals surface area contributed by atoms with Crippen molar-refractivity contribution < 1.29 is 0 Å². The van der Waals surface area contributed by atoms with Crippen molar-refractivity contribution in [1.29, 1.82) is 0 Å². The Balaban J connectivity index is 2.70. The Morgan fingerprint density at radius 1 is 1.12 bits per heavy atom. The lowest BCUT2D eigenvalue weighted by Gasteiger charge is -2.02. The van der Waals surface area contributed by atoms with Gasteiger partial charge >= 0.3 is 0 Å². The molecule has 2 heterocycles. The molecule has 0 aliphatic heterocycles. The summed E-state index contributed by atoms with van der Waals surface area (Å²) in [5, 5.41) is 7.80. The van der Waals surface area contributed by atoms with Gasteiger partial charge in [-0.25, -0.2) is 5.10 Å². The molecule has 0 amide bonds. The number of rotatable bonds is 0. The molecule has 0 spiro atoms. The van der Waals surface area contributed by atoms with Crippen LogP contribution in [-0.2, 0) is 0 Å². The molecule has 0 aliphatic rings. The number of nitrogens with zero attached hydrogens (tertiary/aromatic N) is 1. The van der Waals surface area contributed by atoms with Gasteiger partial charge in [0.15, 0.2) is 0 Å². The standard InChI is InChI=1S/C11H6ClN3O2/c12-5-1-2-6-7-4-13-15-11(17)9(7)10(16)14-8(6)3-5/h1-4H,(H,14,16)(H,15,17). The lowest BCUT2D eigenvalue weighted by atomic mass is 10.1. The third-order valence-corrected chi connectivity index (χ3v) is 2.84. The van der Waals surface area contributed by atoms with E-state index in [0.29, 0.717) is 15.9 Å². The Hall–Kier alpha value is -2.14. The molecule has 3 aromatic rings. The highest BCUT2D eigenvalue weighted by molar-refractivity contribution is 6.31. The fourth-order valence-electron chi connectivity index (χ4n) is 1.87. The fourth-order valence-corrected chi connectivity index (χ4v) is 2.04. The summed E-state index contributed by atoms with van der Waals surface area (Å²) in [6.45, 7) is 0. The van der Waals surface area contributed by atoms with Crippen LogP contribution in [0.5, 0.6) is 0 Å². The van der Waals surface area contributed by atoms with Gasteiger partial charge in [0.25, 0.3) is 11.1 Å². The van der Waals surface area contributed by atoms with Gasteiger partial charge in [0, 0.05) is 15.8 Å². The van der Waals surface area contributed by atoms with Crippen LogP contribution in [0.4, 0.5) is 0 Å². The van der Waals surface area contributed by atoms with Crippen LogP contribution in [0, 0.1) is 0 Å². The zero-order valence-corrected chi connectivity index (χ0v) is 9.21. The molecule has 3 rings (SSSR count). The van der Waals surface area contributed by atoms with E-state index in [1.165, 1.54) is 6.20 Å². The first kappa shape index (κ1) is 10.0. The summed E-state index contributed by atoms with van der Waals surface area (Å²) in [6, 6.07) is 5.08. The number of benzene rings is 1. The zero-order valence-electron chi connectivity index (χ0n) is 8.45. The molecule has 6 heteroatoms. The Morgan fingerprint density at radius 3 is 2.76 bits per heavy atom. The van der Waals surface area contributed by atoms with Crippen molar-refractivity contribution in [3.63, 3.8) is 0 Å². The Labute approximate surface area is 99.0 Å². The maximum atomic E-state index is 11.8. The van der Waals surface area contributed by atoms with Crippen LogP contribution in [0.3, 0.4) is 0 Å². The molecule has 0 saturated heterocycles. The van der Waals surface area contributed by atoms with Gasteiger partial charge in [-0.2, -0.15) is 5.10 Å². The van der Waals surface area contributed by atoms with E-state index >= 15 is 0 Å². The second-order valence-electron chi connectivity index (χ2n) is 3.63. The lowest BCUT2D eigenvalue weighted by Crippen LogP contribution is -2.19. The second kappa shape index (κ2) is 3.43. The van der Waals surface area contributed by atoms with E-state index in [9.17, 15) is 9.59 Å². The van der Waals surface area contributed by atoms with Crippen molar-refractivity contribution in [3.8, 4) is 0 Å². The smallest absolute Gasteiger partial charge is 0.277 e. The molecule has 2 N–H and O–H groups in total. The quantitative estimate of drug-likeness (QED) is 0.590. The monoisotopic (exact) mass is 247 g/mol. The van der Waals surface area contributed by atoms with Gasteiger partial charge in [0.2, 0.25) is 0 Å². The number of aromatic amines is 2. The Morgan fingerprint density at radius 2 is 1.94 bits per heavy atom. The molecule has 1 aromatic carbocycles. The second-order valence-corrected chi connectivity index (χ2v) is 4.07. The maximum absolute atomic E-state index is 11.8. The first-order valence-corrected chi connectivity index (χ1v) is 5.23. The normalized spacial score (nSPS) is 11.1. The van der Waals surface area contributed by atoms with Crippen LogP contribution in [0.15, 0.2) is 34.0 Å². The van der Waals surface area contributed by atoms with E-state index < -0.39 is 11.1 Å². The summed E-state index contributed by atoms with van der Waals surface area (Å²) in [4.78, 5) is 26.0. The third kappa shape index (κ3) is 1.43. The number of pyridine rings is 1. The van der Waals surface area contributed by atoms with Crippen LogP contribution in [0.2, 0.25) is 5.02 Å². The SMILES string of the molecule is O=c1[nH]ncc2c1c(=O)[nH]c1cc(Cl)ccc12. The van der Waals surface area contributed by atoms with Gasteiger partial charge in [0.05, 0.1) is 11.7 Å². The first-order chi connectivity index (χ1) is 8.16. The maximum Gasteiger partial charge on any atom is 0.277 e. The molecule has 84 valence electrons. The molecule has 0 radical (unpaired) electrons. The van der Waals surface area contributed by atoms with Crippen molar-refractivity contribution >= 4 is 33.3 Å². The molecular weight excluding hydrogens is 242 g/mol. The van der Waals surface area contributed by atoms with Gasteiger partial charge in [-0.3, -0.25) is 9.59 Å². The minimum atomic E-state index is -0.499. The van der Waals surface area contributed by atoms with E-state index in [1.54, 1.807) is 18.2 Å². The highest BCUT2D eigenvalue weighted by atomic mass is 35.5. The number of aromatic nitrogens is 3. The molecule has 0 unspecified atom stereocenters. The van der Waals surface area contributed by atoms with Gasteiger partial charge in [-0.1, -0.05) is 17.7 Å². The predicted molar refractivity (Wildman–Crippen MR) is 65.5 cm³/mol. The molecule has 0 saturated carbocycles. The van der Waals surface area contributed by atoms with Crippen LogP contribution in [0.1, 0.15) is 0 Å². The number of halogens is 1. The van der Waals surface area contributed by atoms with Gasteiger partial charge < -0.3 is 4.98 Å². The van der Waals surface area contributed by atoms with Crippen LogP contribution in [0.25, 0.3) is 21.7 Å². The zero-order chi connectivity index (χ0) is 12.0. The molecule has 2 aromatic heterocycles. The predicted octanol–water partition coefficient (Wildman–Crippen LogP) is 1.42. The van der Waals surface area contributed by atoms with Crippen molar-refractivity contribution in [3.05, 3.63) is 50.1 Å². The molecule has 0 fully saturated rings. The number of hydrogen-bond acceptors (Lipinski definition) is 3. The van der Waals surface area contributed by atoms with E-state index in [2.05, 4.69) is 15.2 Å². The van der Waals surface area contributed by atoms with Crippen LogP contribution in [-0.4, -0.2) is 15.2 Å². The summed E-state index contributed by atoms with van der Waals surface area (Å²) in [7, 11) is 0. The van der Waals surface area contributed by atoms with Crippen molar-refractivity contribution in [2.24, 2.45) is 0 Å². The molecule has 17 heavy (non-hydrogen) atoms. The van der Waals surface area contributed by atoms with Crippen LogP contribution >= 0.6 is 11.6 Å². The summed E-state index contributed by atoms with van der Waals surface area (Å²) in [5.74, 6) is 0. The number of H-pyrrole nitrogens is 2. The molecule has 0 aliphatic carbocycles. The van der Waals surface area contributed by atoms with Crippen LogP contribution < -0.4 is 11.1 Å². The largest absolute Gasteiger partial charge is 0.321 e. The van der Waals surface area contributed by atoms with E-state index in [1.807, 2.05) is 0 Å². The summed E-state index contributed by atoms with van der Waals surface area (Å²) < 4.78 is 0. The molecular formula is C11H6ClN3O2.